The predicted octanol–water partition coefficient (Wildman–Crippen LogP) is 4.03. The van der Waals surface area contributed by atoms with Crippen LogP contribution in [0.2, 0.25) is 0 Å². The Labute approximate surface area is 211 Å². The third kappa shape index (κ3) is 6.76. The first-order valence-corrected chi connectivity index (χ1v) is 13.2. The third-order valence-corrected chi connectivity index (χ3v) is 7.56. The van der Waals surface area contributed by atoms with Crippen LogP contribution >= 0.6 is 0 Å². The molecule has 35 heavy (non-hydrogen) atoms. The van der Waals surface area contributed by atoms with Crippen LogP contribution in [0.15, 0.2) is 64.9 Å². The Kier molecular flexibility index (Phi) is 7.66. The molecule has 1 fully saturated rings. The Hall–Kier alpha value is -3.04. The zero-order valence-electron chi connectivity index (χ0n) is 21.3. The number of hydrogen-bond acceptors (Lipinski definition) is 7. The standard InChI is InChI=1S/C26H37N7OS/c1-19-18-27-25(29-20-9-11-23(12-10-20)33-15-13-32(5)14-16-33)30-24(19)28-21-7-6-8-22(17-21)31-35(34)26(2,3)4/h6-12,17-18,25,28-31H,13-16H2,1-5H3. The van der Waals surface area contributed by atoms with Crippen molar-refractivity contribution in [1.29, 1.82) is 0 Å². The molecule has 2 aromatic carbocycles. The second-order valence-corrected chi connectivity index (χ2v) is 12.0. The molecule has 2 aliphatic rings. The van der Waals surface area contributed by atoms with Gasteiger partial charge in [0.25, 0.3) is 0 Å². The third-order valence-electron chi connectivity index (χ3n) is 6.03. The van der Waals surface area contributed by atoms with E-state index in [1.807, 2.05) is 58.2 Å². The van der Waals surface area contributed by atoms with Crippen molar-refractivity contribution in [3.8, 4) is 0 Å². The second kappa shape index (κ2) is 10.7. The molecule has 2 heterocycles. The van der Waals surface area contributed by atoms with Crippen LogP contribution < -0.4 is 25.6 Å². The Morgan fingerprint density at radius 1 is 1.00 bits per heavy atom. The van der Waals surface area contributed by atoms with Crippen LogP contribution in [0.4, 0.5) is 22.7 Å². The summed E-state index contributed by atoms with van der Waals surface area (Å²) in [6.45, 7) is 12.2. The predicted molar refractivity (Wildman–Crippen MR) is 149 cm³/mol. The number of aliphatic imine (C=N–C) groups is 1. The second-order valence-electron chi connectivity index (χ2n) is 10.1. The maximum Gasteiger partial charge on any atom is 0.195 e. The van der Waals surface area contributed by atoms with Gasteiger partial charge in [-0.1, -0.05) is 6.07 Å². The number of benzene rings is 2. The summed E-state index contributed by atoms with van der Waals surface area (Å²) in [4.78, 5) is 9.38. The molecule has 0 aliphatic carbocycles. The van der Waals surface area contributed by atoms with E-state index in [2.05, 4.69) is 66.8 Å². The molecule has 0 aromatic heterocycles. The average Bonchev–Trinajstić information content (AvgIpc) is 2.82. The highest BCUT2D eigenvalue weighted by molar-refractivity contribution is 7.87. The van der Waals surface area contributed by atoms with Gasteiger partial charge in [0.1, 0.15) is 16.8 Å². The van der Waals surface area contributed by atoms with Gasteiger partial charge in [0.2, 0.25) is 0 Å². The molecular weight excluding hydrogens is 458 g/mol. The summed E-state index contributed by atoms with van der Waals surface area (Å²) in [6.07, 6.45) is 1.58. The zero-order chi connectivity index (χ0) is 25.0. The van der Waals surface area contributed by atoms with Crippen molar-refractivity contribution in [2.45, 2.75) is 38.7 Å². The summed E-state index contributed by atoms with van der Waals surface area (Å²) < 4.78 is 15.2. The molecule has 4 rings (SSSR count). The van der Waals surface area contributed by atoms with Crippen LogP contribution in [0.3, 0.4) is 0 Å². The molecule has 2 aromatic rings. The van der Waals surface area contributed by atoms with Crippen molar-refractivity contribution in [3.63, 3.8) is 0 Å². The van der Waals surface area contributed by atoms with Gasteiger partial charge in [-0.15, -0.1) is 0 Å². The van der Waals surface area contributed by atoms with E-state index in [1.165, 1.54) is 5.69 Å². The number of likely N-dealkylation sites (N-methyl/N-ethyl adjacent to an activating group) is 1. The molecule has 0 radical (unpaired) electrons. The summed E-state index contributed by atoms with van der Waals surface area (Å²) in [5, 5.41) is 10.3. The van der Waals surface area contributed by atoms with Crippen LogP contribution in [0.1, 0.15) is 27.7 Å². The summed E-state index contributed by atoms with van der Waals surface area (Å²) in [5.41, 5.74) is 4.97. The van der Waals surface area contributed by atoms with Gasteiger partial charge in [-0.3, -0.25) is 0 Å². The fraction of sp³-hybridized carbons (Fsp3) is 0.423. The fourth-order valence-electron chi connectivity index (χ4n) is 3.80. The molecule has 8 nitrogen and oxygen atoms in total. The smallest absolute Gasteiger partial charge is 0.195 e. The number of nitrogens with zero attached hydrogens (tertiary/aromatic N) is 3. The molecule has 0 saturated carbocycles. The molecular formula is C26H37N7OS. The van der Waals surface area contributed by atoms with Crippen molar-refractivity contribution < 1.29 is 4.21 Å². The summed E-state index contributed by atoms with van der Waals surface area (Å²) >= 11 is 0. The maximum atomic E-state index is 12.5. The van der Waals surface area contributed by atoms with Crippen molar-refractivity contribution in [2.75, 3.05) is 53.5 Å². The van der Waals surface area contributed by atoms with Crippen molar-refractivity contribution >= 4 is 39.9 Å². The van der Waals surface area contributed by atoms with Gasteiger partial charge < -0.3 is 30.5 Å². The van der Waals surface area contributed by atoms with E-state index in [1.54, 1.807) is 0 Å². The Bertz CT molecular complexity index is 1100. The Morgan fingerprint density at radius 3 is 2.37 bits per heavy atom. The minimum Gasteiger partial charge on any atom is -0.369 e. The lowest BCUT2D eigenvalue weighted by molar-refractivity contribution is 0.313. The molecule has 2 aliphatic heterocycles. The van der Waals surface area contributed by atoms with Gasteiger partial charge in [-0.25, -0.2) is 9.20 Å². The lowest BCUT2D eigenvalue weighted by Crippen LogP contribution is -2.44. The molecule has 2 unspecified atom stereocenters. The number of piperazine rings is 1. The number of allylic oxidation sites excluding steroid dienone is 1. The average molecular weight is 496 g/mol. The van der Waals surface area contributed by atoms with Gasteiger partial charge in [0, 0.05) is 60.7 Å². The highest BCUT2D eigenvalue weighted by Crippen LogP contribution is 2.23. The highest BCUT2D eigenvalue weighted by Gasteiger charge is 2.20. The topological polar surface area (TPSA) is 84.0 Å². The molecule has 0 spiro atoms. The van der Waals surface area contributed by atoms with Crippen LogP contribution in [-0.4, -0.2) is 59.6 Å². The lowest BCUT2D eigenvalue weighted by Gasteiger charge is -2.34. The molecule has 188 valence electrons. The normalized spacial score (nSPS) is 19.8. The summed E-state index contributed by atoms with van der Waals surface area (Å²) in [7, 11) is 0.985. The van der Waals surface area contributed by atoms with E-state index in [-0.39, 0.29) is 11.0 Å². The van der Waals surface area contributed by atoms with Crippen molar-refractivity contribution in [1.82, 2.24) is 10.2 Å². The largest absolute Gasteiger partial charge is 0.369 e. The summed E-state index contributed by atoms with van der Waals surface area (Å²) in [6, 6.07) is 16.3. The molecule has 1 saturated heterocycles. The minimum absolute atomic E-state index is 0.287. The monoisotopic (exact) mass is 495 g/mol. The van der Waals surface area contributed by atoms with Gasteiger partial charge >= 0.3 is 0 Å². The molecule has 0 amide bonds. The molecule has 0 bridgehead atoms. The highest BCUT2D eigenvalue weighted by atomic mass is 32.2. The van der Waals surface area contributed by atoms with Crippen molar-refractivity contribution in [3.05, 3.63) is 59.9 Å². The van der Waals surface area contributed by atoms with Crippen LogP contribution in [-0.2, 0) is 11.0 Å². The first-order chi connectivity index (χ1) is 16.7. The number of rotatable bonds is 7. The Balaban J connectivity index is 1.36. The maximum absolute atomic E-state index is 12.5. The summed E-state index contributed by atoms with van der Waals surface area (Å²) in [5.74, 6) is 0.876. The van der Waals surface area contributed by atoms with E-state index >= 15 is 0 Å². The van der Waals surface area contributed by atoms with Crippen LogP contribution in [0.5, 0.6) is 0 Å². The van der Waals surface area contributed by atoms with Gasteiger partial charge in [-0.2, -0.15) is 0 Å². The fourth-order valence-corrected chi connectivity index (χ4v) is 4.45. The molecule has 4 N–H and O–H groups in total. The molecule has 2 atom stereocenters. The minimum atomic E-state index is -1.19. The van der Waals surface area contributed by atoms with Gasteiger partial charge in [-0.05, 0) is 77.2 Å². The zero-order valence-corrected chi connectivity index (χ0v) is 22.1. The van der Waals surface area contributed by atoms with Crippen molar-refractivity contribution in [2.24, 2.45) is 4.99 Å². The Morgan fingerprint density at radius 2 is 1.69 bits per heavy atom. The first kappa shape index (κ1) is 25.1. The first-order valence-electron chi connectivity index (χ1n) is 12.0. The SMILES string of the molecule is CC1=C(Nc2cccc(NS(=O)C(C)(C)C)c2)NC(Nc2ccc(N3CCN(C)CC3)cc2)N=C1. The number of anilines is 4. The van der Waals surface area contributed by atoms with E-state index in [0.717, 1.165) is 54.6 Å². The van der Waals surface area contributed by atoms with E-state index in [0.29, 0.717) is 0 Å². The number of hydrogen-bond donors (Lipinski definition) is 4. The van der Waals surface area contributed by atoms with Crippen LogP contribution in [0, 0.1) is 0 Å². The number of nitrogens with one attached hydrogen (secondary N) is 4. The van der Waals surface area contributed by atoms with E-state index in [9.17, 15) is 4.21 Å². The lowest BCUT2D eigenvalue weighted by atomic mass is 10.2. The molecule has 9 heteroatoms. The van der Waals surface area contributed by atoms with Gasteiger partial charge in [0.15, 0.2) is 6.29 Å². The van der Waals surface area contributed by atoms with Crippen LogP contribution in [0.25, 0.3) is 0 Å². The van der Waals surface area contributed by atoms with Gasteiger partial charge in [0.05, 0.1) is 4.75 Å². The quantitative estimate of drug-likeness (QED) is 0.464. The van der Waals surface area contributed by atoms with E-state index in [4.69, 9.17) is 0 Å². The van der Waals surface area contributed by atoms with E-state index < -0.39 is 11.0 Å².